The fraction of sp³-hybridized carbons (Fsp3) is 0.190. The molecule has 1 aliphatic rings. The fourth-order valence-electron chi connectivity index (χ4n) is 3.06. The van der Waals surface area contributed by atoms with Gasteiger partial charge in [-0.05, 0) is 49.5 Å². The average Bonchev–Trinajstić information content (AvgIpc) is 3.00. The second-order valence-corrected chi connectivity index (χ2v) is 5.92. The molecule has 3 rings (SSSR count). The molecule has 0 saturated heterocycles. The van der Waals surface area contributed by atoms with Crippen LogP contribution in [0.4, 0.5) is 5.69 Å². The minimum atomic E-state index is 1.01. The highest BCUT2D eigenvalue weighted by Gasteiger charge is 2.07. The van der Waals surface area contributed by atoms with E-state index in [1.54, 1.807) is 0 Å². The van der Waals surface area contributed by atoms with Gasteiger partial charge in [-0.25, -0.2) is 0 Å². The Hall–Kier alpha value is -2.41. The Morgan fingerprint density at radius 1 is 1.00 bits per heavy atom. The van der Waals surface area contributed by atoms with Gasteiger partial charge in [0, 0.05) is 11.8 Å². The van der Waals surface area contributed by atoms with Gasteiger partial charge in [-0.15, -0.1) is 0 Å². The Bertz CT molecular complexity index is 768. The van der Waals surface area contributed by atoms with Crippen molar-refractivity contribution in [2.75, 3.05) is 0 Å². The molecule has 0 fully saturated rings. The van der Waals surface area contributed by atoms with Crippen LogP contribution in [-0.2, 0) is 0 Å². The summed E-state index contributed by atoms with van der Waals surface area (Å²) in [6, 6.07) is 12.9. The van der Waals surface area contributed by atoms with Gasteiger partial charge in [0.25, 0.3) is 0 Å². The monoisotopic (exact) mass is 287 g/mol. The second-order valence-electron chi connectivity index (χ2n) is 5.92. The van der Waals surface area contributed by atoms with Crippen LogP contribution in [0.2, 0.25) is 0 Å². The fourth-order valence-corrected chi connectivity index (χ4v) is 3.06. The molecule has 1 aliphatic carbocycles. The van der Waals surface area contributed by atoms with Gasteiger partial charge in [0.05, 0.1) is 5.69 Å². The standard InChI is InChI=1S/C21H21N/c1-15-12-16(2)21(17(3)13-15)22-14-19-10-6-7-11-20(19)18-8-4-5-9-18/h4-8,10-14H,9H2,1-3H3. The minimum absolute atomic E-state index is 1.01. The quantitative estimate of drug-likeness (QED) is 0.641. The molecule has 0 heterocycles. The molecule has 2 aromatic rings. The number of nitrogens with zero attached hydrogens (tertiary/aromatic N) is 1. The molecule has 0 atom stereocenters. The highest BCUT2D eigenvalue weighted by atomic mass is 14.7. The van der Waals surface area contributed by atoms with E-state index in [0.29, 0.717) is 0 Å². The topological polar surface area (TPSA) is 12.4 Å². The normalized spacial score (nSPS) is 13.9. The van der Waals surface area contributed by atoms with Gasteiger partial charge in [-0.3, -0.25) is 4.99 Å². The Morgan fingerprint density at radius 3 is 2.41 bits per heavy atom. The van der Waals surface area contributed by atoms with Crippen LogP contribution >= 0.6 is 0 Å². The van der Waals surface area contributed by atoms with Crippen molar-refractivity contribution in [3.63, 3.8) is 0 Å². The summed E-state index contributed by atoms with van der Waals surface area (Å²) in [5.41, 5.74) is 8.64. The molecule has 0 bridgehead atoms. The van der Waals surface area contributed by atoms with Crippen LogP contribution in [0.5, 0.6) is 0 Å². The van der Waals surface area contributed by atoms with Gasteiger partial charge in [0.1, 0.15) is 0 Å². The van der Waals surface area contributed by atoms with Crippen LogP contribution in [0.15, 0.2) is 59.6 Å². The zero-order valence-electron chi connectivity index (χ0n) is 13.4. The maximum atomic E-state index is 4.78. The average molecular weight is 287 g/mol. The summed E-state index contributed by atoms with van der Waals surface area (Å²) in [4.78, 5) is 4.78. The lowest BCUT2D eigenvalue weighted by molar-refractivity contribution is 1.29. The molecule has 0 saturated carbocycles. The third-order valence-corrected chi connectivity index (χ3v) is 4.05. The number of rotatable bonds is 3. The van der Waals surface area contributed by atoms with E-state index in [1.165, 1.54) is 33.4 Å². The van der Waals surface area contributed by atoms with Crippen molar-refractivity contribution < 1.29 is 0 Å². The summed E-state index contributed by atoms with van der Waals surface area (Å²) < 4.78 is 0. The van der Waals surface area contributed by atoms with Gasteiger partial charge in [0.15, 0.2) is 0 Å². The van der Waals surface area contributed by atoms with Crippen LogP contribution in [0, 0.1) is 20.8 Å². The predicted molar refractivity (Wildman–Crippen MR) is 96.1 cm³/mol. The van der Waals surface area contributed by atoms with E-state index < -0.39 is 0 Å². The molecule has 110 valence electrons. The summed E-state index contributed by atoms with van der Waals surface area (Å²) in [7, 11) is 0. The molecular weight excluding hydrogens is 266 g/mol. The van der Waals surface area contributed by atoms with E-state index in [4.69, 9.17) is 4.99 Å². The molecular formula is C21H21N. The van der Waals surface area contributed by atoms with Crippen molar-refractivity contribution in [3.05, 3.63) is 82.4 Å². The molecule has 0 unspecified atom stereocenters. The summed E-state index contributed by atoms with van der Waals surface area (Å²) >= 11 is 0. The Labute approximate surface area is 132 Å². The Kier molecular flexibility index (Phi) is 4.06. The van der Waals surface area contributed by atoms with Crippen molar-refractivity contribution in [2.24, 2.45) is 4.99 Å². The number of hydrogen-bond donors (Lipinski definition) is 0. The van der Waals surface area contributed by atoms with Crippen LogP contribution in [-0.4, -0.2) is 6.21 Å². The second kappa shape index (κ2) is 6.15. The number of benzene rings is 2. The molecule has 0 spiro atoms. The Morgan fingerprint density at radius 2 is 1.73 bits per heavy atom. The molecule has 2 aromatic carbocycles. The molecule has 0 aromatic heterocycles. The van der Waals surface area contributed by atoms with Crippen molar-refractivity contribution in [3.8, 4) is 0 Å². The van der Waals surface area contributed by atoms with Crippen LogP contribution in [0.1, 0.15) is 34.2 Å². The molecule has 1 heteroatoms. The highest BCUT2D eigenvalue weighted by Crippen LogP contribution is 2.28. The van der Waals surface area contributed by atoms with Crippen molar-refractivity contribution in [1.29, 1.82) is 0 Å². The van der Waals surface area contributed by atoms with Crippen LogP contribution < -0.4 is 0 Å². The molecule has 0 N–H and O–H groups in total. The largest absolute Gasteiger partial charge is 0.256 e. The molecule has 0 radical (unpaired) electrons. The molecule has 22 heavy (non-hydrogen) atoms. The van der Waals surface area contributed by atoms with Gasteiger partial charge in [-0.2, -0.15) is 0 Å². The lowest BCUT2D eigenvalue weighted by Crippen LogP contribution is -1.91. The van der Waals surface area contributed by atoms with Crippen molar-refractivity contribution >= 4 is 17.5 Å². The minimum Gasteiger partial charge on any atom is -0.256 e. The third kappa shape index (κ3) is 2.94. The molecule has 0 amide bonds. The first-order chi connectivity index (χ1) is 10.6. The third-order valence-electron chi connectivity index (χ3n) is 4.05. The van der Waals surface area contributed by atoms with E-state index in [0.717, 1.165) is 12.1 Å². The predicted octanol–water partition coefficient (Wildman–Crippen LogP) is 5.71. The maximum Gasteiger partial charge on any atom is 0.0688 e. The van der Waals surface area contributed by atoms with E-state index in [2.05, 4.69) is 75.4 Å². The van der Waals surface area contributed by atoms with E-state index in [-0.39, 0.29) is 0 Å². The zero-order valence-corrected chi connectivity index (χ0v) is 13.4. The number of hydrogen-bond acceptors (Lipinski definition) is 1. The molecule has 1 nitrogen and oxygen atoms in total. The van der Waals surface area contributed by atoms with Gasteiger partial charge in [-0.1, -0.05) is 60.2 Å². The van der Waals surface area contributed by atoms with Crippen LogP contribution in [0.3, 0.4) is 0 Å². The number of allylic oxidation sites excluding steroid dienone is 4. The van der Waals surface area contributed by atoms with Gasteiger partial charge < -0.3 is 0 Å². The SMILES string of the molecule is Cc1cc(C)c(N=Cc2ccccc2C2=CC=CC2)c(C)c1. The van der Waals surface area contributed by atoms with Gasteiger partial charge in [0.2, 0.25) is 0 Å². The number of aryl methyl sites for hydroxylation is 3. The first-order valence-electron chi connectivity index (χ1n) is 7.72. The first-order valence-corrected chi connectivity index (χ1v) is 7.72. The molecule has 0 aliphatic heterocycles. The summed E-state index contributed by atoms with van der Waals surface area (Å²) in [5, 5.41) is 0. The van der Waals surface area contributed by atoms with E-state index >= 15 is 0 Å². The summed E-state index contributed by atoms with van der Waals surface area (Å²) in [6.45, 7) is 6.38. The first kappa shape index (κ1) is 14.5. The lowest BCUT2D eigenvalue weighted by atomic mass is 9.99. The van der Waals surface area contributed by atoms with Crippen LogP contribution in [0.25, 0.3) is 5.57 Å². The van der Waals surface area contributed by atoms with Crippen molar-refractivity contribution in [2.45, 2.75) is 27.2 Å². The van der Waals surface area contributed by atoms with Gasteiger partial charge >= 0.3 is 0 Å². The van der Waals surface area contributed by atoms with E-state index in [9.17, 15) is 0 Å². The highest BCUT2D eigenvalue weighted by molar-refractivity contribution is 5.91. The maximum absolute atomic E-state index is 4.78. The van der Waals surface area contributed by atoms with Crippen molar-refractivity contribution in [1.82, 2.24) is 0 Å². The Balaban J connectivity index is 1.97. The smallest absolute Gasteiger partial charge is 0.0688 e. The summed E-state index contributed by atoms with van der Waals surface area (Å²) in [6.07, 6.45) is 9.51. The zero-order chi connectivity index (χ0) is 15.5. The van der Waals surface area contributed by atoms with E-state index in [1.807, 2.05) is 6.21 Å². The number of aliphatic imine (C=N–C) groups is 1. The summed E-state index contributed by atoms with van der Waals surface area (Å²) in [5.74, 6) is 0. The lowest BCUT2D eigenvalue weighted by Gasteiger charge is -2.09.